The molecule has 1 aliphatic rings. The van der Waals surface area contributed by atoms with E-state index in [1.54, 1.807) is 36.4 Å². The molecule has 4 rings (SSSR count). The van der Waals surface area contributed by atoms with Crippen LogP contribution in [-0.4, -0.2) is 29.7 Å². The molecule has 0 aromatic heterocycles. The molecule has 3 aromatic carbocycles. The minimum atomic E-state index is -0.532. The van der Waals surface area contributed by atoms with Gasteiger partial charge in [-0.15, -0.1) is 0 Å². The molecule has 0 bridgehead atoms. The zero-order valence-electron chi connectivity index (χ0n) is 19.9. The number of methoxy groups -OCH3 is 1. The van der Waals surface area contributed by atoms with Crippen molar-refractivity contribution in [3.8, 4) is 17.2 Å². The largest absolute Gasteiger partial charge is 0.496 e. The van der Waals surface area contributed by atoms with E-state index in [1.807, 2.05) is 19.1 Å². The molecule has 3 aromatic rings. The number of nitrogens with zero attached hydrogens (tertiary/aromatic N) is 2. The molecule has 0 spiro atoms. The van der Waals surface area contributed by atoms with E-state index in [9.17, 15) is 14.9 Å². The lowest BCUT2D eigenvalue weighted by atomic mass is 10.1. The van der Waals surface area contributed by atoms with Crippen molar-refractivity contribution in [1.29, 1.82) is 0 Å². The number of para-hydroxylation sites is 2. The molecular weight excluding hydrogens is 518 g/mol. The molecule has 11 heteroatoms. The number of nitrogens with one attached hydrogen (secondary N) is 1. The highest BCUT2D eigenvalue weighted by Crippen LogP contribution is 2.33. The highest BCUT2D eigenvalue weighted by Gasteiger charge is 2.33. The molecule has 9 nitrogen and oxygen atoms in total. The van der Waals surface area contributed by atoms with E-state index in [2.05, 4.69) is 5.32 Å². The van der Waals surface area contributed by atoms with Crippen LogP contribution in [-0.2, 0) is 11.4 Å². The smallest absolute Gasteiger partial charge is 0.281 e. The van der Waals surface area contributed by atoms with Crippen molar-refractivity contribution in [2.45, 2.75) is 13.5 Å². The van der Waals surface area contributed by atoms with Gasteiger partial charge in [-0.1, -0.05) is 29.8 Å². The Labute approximate surface area is 223 Å². The van der Waals surface area contributed by atoms with E-state index in [1.165, 1.54) is 30.2 Å². The van der Waals surface area contributed by atoms with Gasteiger partial charge >= 0.3 is 0 Å². The van der Waals surface area contributed by atoms with Crippen molar-refractivity contribution in [3.63, 3.8) is 0 Å². The van der Waals surface area contributed by atoms with Gasteiger partial charge in [-0.25, -0.2) is 4.90 Å². The van der Waals surface area contributed by atoms with Crippen LogP contribution in [0.5, 0.6) is 17.2 Å². The number of benzene rings is 3. The lowest BCUT2D eigenvalue weighted by Crippen LogP contribution is -2.30. The molecule has 37 heavy (non-hydrogen) atoms. The number of amides is 1. The van der Waals surface area contributed by atoms with Crippen molar-refractivity contribution in [2.75, 3.05) is 18.6 Å². The van der Waals surface area contributed by atoms with Crippen LogP contribution in [0.4, 0.5) is 11.4 Å². The van der Waals surface area contributed by atoms with Gasteiger partial charge in [0.25, 0.3) is 11.6 Å². The van der Waals surface area contributed by atoms with E-state index < -0.39 is 4.92 Å². The summed E-state index contributed by atoms with van der Waals surface area (Å²) in [5, 5.41) is 14.3. The lowest BCUT2D eigenvalue weighted by molar-refractivity contribution is -0.384. The minimum Gasteiger partial charge on any atom is -0.496 e. The number of hydrogen-bond donors (Lipinski definition) is 1. The van der Waals surface area contributed by atoms with Crippen LogP contribution in [0.3, 0.4) is 0 Å². The SMILES string of the molecule is CCOc1ccccc1N1C(=O)/C(=C\c2ccc(OC)c(COc3ccc([N+](=O)[O-])cc3Cl)c2)NC1=S. The molecule has 0 atom stereocenters. The first-order valence-electron chi connectivity index (χ1n) is 11.1. The Balaban J connectivity index is 1.57. The third-order valence-electron chi connectivity index (χ3n) is 5.41. The number of anilines is 1. The zero-order valence-corrected chi connectivity index (χ0v) is 21.5. The third kappa shape index (κ3) is 5.65. The summed E-state index contributed by atoms with van der Waals surface area (Å²) in [4.78, 5) is 25.1. The first-order chi connectivity index (χ1) is 17.8. The summed E-state index contributed by atoms with van der Waals surface area (Å²) in [5.41, 5.74) is 2.10. The minimum absolute atomic E-state index is 0.0748. The second kappa shape index (κ2) is 11.3. The molecule has 1 saturated heterocycles. The summed E-state index contributed by atoms with van der Waals surface area (Å²) in [6.07, 6.45) is 1.68. The van der Waals surface area contributed by atoms with E-state index in [-0.39, 0.29) is 28.3 Å². The van der Waals surface area contributed by atoms with Gasteiger partial charge in [0, 0.05) is 17.7 Å². The molecule has 1 heterocycles. The van der Waals surface area contributed by atoms with Crippen molar-refractivity contribution in [2.24, 2.45) is 0 Å². The summed E-state index contributed by atoms with van der Waals surface area (Å²) in [7, 11) is 1.53. The average Bonchev–Trinajstić information content (AvgIpc) is 3.16. The molecule has 1 N–H and O–H groups in total. The van der Waals surface area contributed by atoms with Gasteiger partial charge in [0.15, 0.2) is 5.11 Å². The predicted octanol–water partition coefficient (Wildman–Crippen LogP) is 5.50. The number of thiocarbonyl (C=S) groups is 1. The zero-order chi connectivity index (χ0) is 26.5. The molecule has 190 valence electrons. The number of carbonyl (C=O) groups is 1. The maximum Gasteiger partial charge on any atom is 0.281 e. The number of ether oxygens (including phenoxy) is 3. The molecule has 1 aliphatic heterocycles. The fourth-order valence-corrected chi connectivity index (χ4v) is 4.24. The van der Waals surface area contributed by atoms with Gasteiger partial charge in [0.1, 0.15) is 29.6 Å². The van der Waals surface area contributed by atoms with Gasteiger partial charge in [-0.3, -0.25) is 14.9 Å². The monoisotopic (exact) mass is 539 g/mol. The number of nitro benzene ring substituents is 1. The van der Waals surface area contributed by atoms with Gasteiger partial charge in [0.05, 0.1) is 29.4 Å². The predicted molar refractivity (Wildman–Crippen MR) is 144 cm³/mol. The van der Waals surface area contributed by atoms with Gasteiger partial charge < -0.3 is 19.5 Å². The van der Waals surface area contributed by atoms with E-state index in [4.69, 9.17) is 38.0 Å². The summed E-state index contributed by atoms with van der Waals surface area (Å²) in [5.74, 6) is 1.09. The van der Waals surface area contributed by atoms with Crippen LogP contribution in [0.25, 0.3) is 6.08 Å². The van der Waals surface area contributed by atoms with Gasteiger partial charge in [-0.05, 0) is 61.1 Å². The third-order valence-corrected chi connectivity index (χ3v) is 5.99. The van der Waals surface area contributed by atoms with Gasteiger partial charge in [0.2, 0.25) is 0 Å². The Hall–Kier alpha value is -4.15. The van der Waals surface area contributed by atoms with E-state index >= 15 is 0 Å². The fraction of sp³-hybridized carbons (Fsp3) is 0.154. The van der Waals surface area contributed by atoms with Crippen LogP contribution < -0.4 is 24.4 Å². The highest BCUT2D eigenvalue weighted by molar-refractivity contribution is 7.80. The normalized spacial score (nSPS) is 14.0. The standard InChI is InChI=1S/C26H22ClN3O6S/c1-3-35-24-7-5-4-6-21(24)29-25(31)20(28-26(29)37)13-16-8-10-22(34-2)17(12-16)15-36-23-11-9-18(30(32)33)14-19(23)27/h4-14H,3,15H2,1-2H3,(H,28,37)/b20-13+. The number of carbonyl (C=O) groups excluding carboxylic acids is 1. The highest BCUT2D eigenvalue weighted by atomic mass is 35.5. The average molecular weight is 540 g/mol. The number of halogens is 1. The summed E-state index contributed by atoms with van der Waals surface area (Å²) < 4.78 is 16.9. The number of rotatable bonds is 9. The first kappa shape index (κ1) is 25.9. The number of nitro groups is 1. The van der Waals surface area contributed by atoms with E-state index in [0.29, 0.717) is 46.4 Å². The Bertz CT molecular complexity index is 1410. The molecule has 0 radical (unpaired) electrons. The Kier molecular flexibility index (Phi) is 7.90. The molecular formula is C26H22ClN3O6S. The second-order valence-corrected chi connectivity index (χ2v) is 8.56. The molecule has 1 amide bonds. The summed E-state index contributed by atoms with van der Waals surface area (Å²) >= 11 is 11.6. The molecule has 0 saturated carbocycles. The Morgan fingerprint density at radius 1 is 1.08 bits per heavy atom. The van der Waals surface area contributed by atoms with Crippen molar-refractivity contribution >= 4 is 52.3 Å². The second-order valence-electron chi connectivity index (χ2n) is 7.76. The summed E-state index contributed by atoms with van der Waals surface area (Å²) in [6.45, 7) is 2.39. The number of hydrogen-bond acceptors (Lipinski definition) is 7. The summed E-state index contributed by atoms with van der Waals surface area (Å²) in [6, 6.07) is 16.5. The quantitative estimate of drug-likeness (QED) is 0.165. The molecule has 0 unspecified atom stereocenters. The van der Waals surface area contributed by atoms with E-state index in [0.717, 1.165) is 0 Å². The van der Waals surface area contributed by atoms with Crippen LogP contribution >= 0.6 is 23.8 Å². The van der Waals surface area contributed by atoms with Crippen LogP contribution in [0, 0.1) is 10.1 Å². The van der Waals surface area contributed by atoms with Gasteiger partial charge in [-0.2, -0.15) is 0 Å². The molecule has 0 aliphatic carbocycles. The van der Waals surface area contributed by atoms with Crippen LogP contribution in [0.15, 0.2) is 66.4 Å². The van der Waals surface area contributed by atoms with Crippen molar-refractivity contribution in [3.05, 3.63) is 92.6 Å². The van der Waals surface area contributed by atoms with Crippen LogP contribution in [0.1, 0.15) is 18.1 Å². The maximum absolute atomic E-state index is 13.2. The maximum atomic E-state index is 13.2. The Morgan fingerprint density at radius 2 is 1.84 bits per heavy atom. The van der Waals surface area contributed by atoms with Crippen molar-refractivity contribution < 1.29 is 23.9 Å². The first-order valence-corrected chi connectivity index (χ1v) is 11.9. The Morgan fingerprint density at radius 3 is 2.54 bits per heavy atom. The lowest BCUT2D eigenvalue weighted by Gasteiger charge is -2.18. The fourth-order valence-electron chi connectivity index (χ4n) is 3.72. The van der Waals surface area contributed by atoms with Crippen LogP contribution in [0.2, 0.25) is 5.02 Å². The topological polar surface area (TPSA) is 103 Å². The molecule has 1 fully saturated rings. The number of non-ortho nitro benzene ring substituents is 1. The van der Waals surface area contributed by atoms with Crippen molar-refractivity contribution in [1.82, 2.24) is 5.32 Å².